The summed E-state index contributed by atoms with van der Waals surface area (Å²) >= 11 is 0. The van der Waals surface area contributed by atoms with Gasteiger partial charge in [0, 0.05) is 18.0 Å². The fraction of sp³-hybridized carbons (Fsp3) is 0.571. The summed E-state index contributed by atoms with van der Waals surface area (Å²) in [6.07, 6.45) is 1.96. The lowest BCUT2D eigenvalue weighted by Crippen LogP contribution is -2.58. The number of benzene rings is 1. The van der Waals surface area contributed by atoms with E-state index in [-0.39, 0.29) is 18.5 Å². The number of hydrogen-bond acceptors (Lipinski definition) is 5. The van der Waals surface area contributed by atoms with Crippen LogP contribution in [0.15, 0.2) is 18.2 Å². The van der Waals surface area contributed by atoms with Gasteiger partial charge in [0.15, 0.2) is 0 Å². The molecule has 2 atom stereocenters. The van der Waals surface area contributed by atoms with Crippen molar-refractivity contribution >= 4 is 5.97 Å². The molecule has 140 valence electrons. The van der Waals surface area contributed by atoms with Crippen molar-refractivity contribution in [3.05, 3.63) is 34.9 Å². The molecule has 1 aromatic carbocycles. The van der Waals surface area contributed by atoms with E-state index in [9.17, 15) is 15.0 Å². The van der Waals surface area contributed by atoms with E-state index < -0.39 is 11.5 Å². The van der Waals surface area contributed by atoms with Crippen molar-refractivity contribution in [2.24, 2.45) is 5.92 Å². The maximum atomic E-state index is 11.9. The molecule has 0 aliphatic carbocycles. The van der Waals surface area contributed by atoms with Crippen LogP contribution in [0.1, 0.15) is 49.3 Å². The van der Waals surface area contributed by atoms with E-state index in [4.69, 9.17) is 4.74 Å². The van der Waals surface area contributed by atoms with E-state index in [1.807, 2.05) is 12.1 Å². The molecule has 3 heterocycles. The van der Waals surface area contributed by atoms with Crippen LogP contribution in [0.4, 0.5) is 0 Å². The van der Waals surface area contributed by atoms with Gasteiger partial charge in [-0.05, 0) is 57.0 Å². The summed E-state index contributed by atoms with van der Waals surface area (Å²) < 4.78 is 5.06. The number of aliphatic hydroxyl groups is 2. The van der Waals surface area contributed by atoms with Crippen molar-refractivity contribution in [1.82, 2.24) is 4.90 Å². The van der Waals surface area contributed by atoms with Crippen molar-refractivity contribution in [2.75, 3.05) is 26.2 Å². The number of esters is 1. The van der Waals surface area contributed by atoms with Gasteiger partial charge in [-0.25, -0.2) is 0 Å². The van der Waals surface area contributed by atoms with E-state index in [1.165, 1.54) is 0 Å². The molecule has 5 heteroatoms. The maximum absolute atomic E-state index is 11.9. The molecule has 0 saturated carbocycles. The molecule has 5 nitrogen and oxygen atoms in total. The third kappa shape index (κ3) is 3.78. The summed E-state index contributed by atoms with van der Waals surface area (Å²) in [5.41, 5.74) is 1.17. The van der Waals surface area contributed by atoms with E-state index in [2.05, 4.69) is 16.7 Å². The fourth-order valence-corrected chi connectivity index (χ4v) is 3.89. The van der Waals surface area contributed by atoms with Gasteiger partial charge in [0.1, 0.15) is 5.60 Å². The molecule has 0 amide bonds. The molecule has 1 aromatic rings. The molecular weight excluding hydrogens is 330 g/mol. The summed E-state index contributed by atoms with van der Waals surface area (Å²) in [6, 6.07) is 5.45. The van der Waals surface area contributed by atoms with Gasteiger partial charge in [-0.3, -0.25) is 9.69 Å². The lowest BCUT2D eigenvalue weighted by molar-refractivity contribution is -0.144. The highest BCUT2D eigenvalue weighted by atomic mass is 16.5. The average molecular weight is 357 g/mol. The van der Waals surface area contributed by atoms with Crippen LogP contribution < -0.4 is 0 Å². The normalized spacial score (nSPS) is 28.2. The molecule has 3 fully saturated rings. The van der Waals surface area contributed by atoms with E-state index in [0.717, 1.165) is 31.5 Å². The van der Waals surface area contributed by atoms with Crippen molar-refractivity contribution in [2.45, 2.75) is 44.8 Å². The highest BCUT2D eigenvalue weighted by Crippen LogP contribution is 2.35. The molecule has 3 aliphatic rings. The third-order valence-electron chi connectivity index (χ3n) is 5.58. The summed E-state index contributed by atoms with van der Waals surface area (Å²) in [6.45, 7) is 6.42. The Hall–Kier alpha value is -1.87. The largest absolute Gasteiger partial charge is 0.466 e. The first-order valence-electron chi connectivity index (χ1n) is 9.35. The standard InChI is InChI=1S/C21H27NO4/c1-3-26-20(24)15(2)17-5-4-16(18(12-17)13-23)6-9-21(25)14-22-10-7-19(21)8-11-22/h4-5,12,15,19,23,25H,3,7-8,10-11,13-14H2,1-2H3. The Morgan fingerprint density at radius 1 is 1.42 bits per heavy atom. The van der Waals surface area contributed by atoms with E-state index >= 15 is 0 Å². The highest BCUT2D eigenvalue weighted by Gasteiger charge is 2.44. The lowest BCUT2D eigenvalue weighted by atomic mass is 9.75. The highest BCUT2D eigenvalue weighted by molar-refractivity contribution is 5.77. The zero-order chi connectivity index (χ0) is 18.7. The van der Waals surface area contributed by atoms with Gasteiger partial charge in [-0.15, -0.1) is 0 Å². The van der Waals surface area contributed by atoms with Crippen molar-refractivity contribution in [3.8, 4) is 11.8 Å². The van der Waals surface area contributed by atoms with Crippen LogP contribution in [-0.4, -0.2) is 52.9 Å². The van der Waals surface area contributed by atoms with E-state index in [0.29, 0.717) is 24.3 Å². The molecule has 3 aliphatic heterocycles. The summed E-state index contributed by atoms with van der Waals surface area (Å²) in [7, 11) is 0. The lowest BCUT2D eigenvalue weighted by Gasteiger charge is -2.47. The Morgan fingerprint density at radius 2 is 2.15 bits per heavy atom. The molecule has 0 aromatic heterocycles. The zero-order valence-electron chi connectivity index (χ0n) is 15.5. The van der Waals surface area contributed by atoms with Gasteiger partial charge in [0.05, 0.1) is 19.1 Å². The number of nitrogens with zero attached hydrogens (tertiary/aromatic N) is 1. The van der Waals surface area contributed by atoms with Crippen molar-refractivity contribution < 1.29 is 19.7 Å². The van der Waals surface area contributed by atoms with Crippen molar-refractivity contribution in [1.29, 1.82) is 0 Å². The molecule has 4 rings (SSSR count). The summed E-state index contributed by atoms with van der Waals surface area (Å²) in [5.74, 6) is 5.70. The van der Waals surface area contributed by atoms with Crippen LogP contribution in [0.3, 0.4) is 0 Å². The van der Waals surface area contributed by atoms with Gasteiger partial charge < -0.3 is 14.9 Å². The smallest absolute Gasteiger partial charge is 0.313 e. The predicted octanol–water partition coefficient (Wildman–Crippen LogP) is 1.65. The number of aliphatic hydroxyl groups excluding tert-OH is 1. The second kappa shape index (κ2) is 7.79. The molecule has 2 bridgehead atoms. The zero-order valence-corrected chi connectivity index (χ0v) is 15.5. The van der Waals surface area contributed by atoms with Crippen molar-refractivity contribution in [3.63, 3.8) is 0 Å². The van der Waals surface area contributed by atoms with E-state index in [1.54, 1.807) is 19.9 Å². The molecule has 0 radical (unpaired) electrons. The molecular formula is C21H27NO4. The number of hydrogen-bond donors (Lipinski definition) is 2. The van der Waals surface area contributed by atoms with Crippen LogP contribution in [-0.2, 0) is 16.1 Å². The Bertz CT molecular complexity index is 727. The van der Waals surface area contributed by atoms with Crippen LogP contribution in [0.2, 0.25) is 0 Å². The topological polar surface area (TPSA) is 70.0 Å². The number of ether oxygens (including phenoxy) is 1. The maximum Gasteiger partial charge on any atom is 0.313 e. The van der Waals surface area contributed by atoms with Gasteiger partial charge >= 0.3 is 5.97 Å². The molecule has 2 unspecified atom stereocenters. The first-order chi connectivity index (χ1) is 12.5. The second-order valence-electron chi connectivity index (χ2n) is 7.27. The Balaban J connectivity index is 1.82. The molecule has 2 N–H and O–H groups in total. The van der Waals surface area contributed by atoms with Crippen LogP contribution >= 0.6 is 0 Å². The van der Waals surface area contributed by atoms with Gasteiger partial charge in [0.25, 0.3) is 0 Å². The van der Waals surface area contributed by atoms with Gasteiger partial charge in [-0.2, -0.15) is 0 Å². The number of piperidine rings is 3. The van der Waals surface area contributed by atoms with Crippen LogP contribution in [0.25, 0.3) is 0 Å². The average Bonchev–Trinajstić information content (AvgIpc) is 2.66. The molecule has 26 heavy (non-hydrogen) atoms. The number of carbonyl (C=O) groups is 1. The minimum atomic E-state index is -0.972. The Kier molecular flexibility index (Phi) is 5.67. The number of rotatable bonds is 4. The Morgan fingerprint density at radius 3 is 2.73 bits per heavy atom. The molecule has 0 spiro atoms. The number of carbonyl (C=O) groups excluding carboxylic acids is 1. The third-order valence-corrected chi connectivity index (χ3v) is 5.58. The van der Waals surface area contributed by atoms with Gasteiger partial charge in [0.2, 0.25) is 0 Å². The monoisotopic (exact) mass is 357 g/mol. The van der Waals surface area contributed by atoms with Crippen LogP contribution in [0.5, 0.6) is 0 Å². The fourth-order valence-electron chi connectivity index (χ4n) is 3.89. The second-order valence-corrected chi connectivity index (χ2v) is 7.27. The molecule has 3 saturated heterocycles. The number of fused-ring (bicyclic) bond motifs is 3. The minimum absolute atomic E-state index is 0.165. The quantitative estimate of drug-likeness (QED) is 0.633. The summed E-state index contributed by atoms with van der Waals surface area (Å²) in [5, 5.41) is 20.6. The predicted molar refractivity (Wildman–Crippen MR) is 98.4 cm³/mol. The van der Waals surface area contributed by atoms with Gasteiger partial charge in [-0.1, -0.05) is 24.0 Å². The minimum Gasteiger partial charge on any atom is -0.466 e. The Labute approximate surface area is 155 Å². The van der Waals surface area contributed by atoms with Crippen LogP contribution in [0, 0.1) is 17.8 Å². The SMILES string of the molecule is CCOC(=O)C(C)c1ccc(C#CC2(O)CN3CCC2CC3)c(CO)c1. The first-order valence-corrected chi connectivity index (χ1v) is 9.35. The summed E-state index contributed by atoms with van der Waals surface area (Å²) in [4.78, 5) is 14.2. The first kappa shape index (κ1) is 18.9.